The molecule has 2 atom stereocenters. The Balaban J connectivity index is 2.38. The van der Waals surface area contributed by atoms with E-state index in [2.05, 4.69) is 33.8 Å². The summed E-state index contributed by atoms with van der Waals surface area (Å²) in [6.45, 7) is 9.78. The Kier molecular flexibility index (Phi) is 2.28. The summed E-state index contributed by atoms with van der Waals surface area (Å²) < 4.78 is 0. The van der Waals surface area contributed by atoms with Crippen LogP contribution in [-0.2, 0) is 0 Å². The summed E-state index contributed by atoms with van der Waals surface area (Å²) in [5.41, 5.74) is 2.79. The summed E-state index contributed by atoms with van der Waals surface area (Å²) in [6, 6.07) is 0. The molecule has 0 aromatic rings. The molecule has 2 aliphatic rings. The molecule has 1 saturated carbocycles. The highest BCUT2D eigenvalue weighted by atomic mass is 14.6. The number of hydrogen-bond acceptors (Lipinski definition) is 0. The maximum absolute atomic E-state index is 2.55. The van der Waals surface area contributed by atoms with Crippen molar-refractivity contribution in [3.05, 3.63) is 11.6 Å². The average Bonchev–Trinajstić information content (AvgIpc) is 2.37. The molecule has 14 heavy (non-hydrogen) atoms. The molecular weight excluding hydrogens is 168 g/mol. The Morgan fingerprint density at radius 3 is 2.64 bits per heavy atom. The van der Waals surface area contributed by atoms with Crippen LogP contribution < -0.4 is 0 Å². The van der Waals surface area contributed by atoms with Gasteiger partial charge in [0.15, 0.2) is 0 Å². The van der Waals surface area contributed by atoms with Gasteiger partial charge in [-0.05, 0) is 48.9 Å². The van der Waals surface area contributed by atoms with E-state index in [0.717, 1.165) is 5.92 Å². The second-order valence-electron chi connectivity index (χ2n) is 6.03. The van der Waals surface area contributed by atoms with Gasteiger partial charge >= 0.3 is 0 Å². The van der Waals surface area contributed by atoms with Gasteiger partial charge in [0.2, 0.25) is 0 Å². The van der Waals surface area contributed by atoms with Gasteiger partial charge in [-0.1, -0.05) is 39.3 Å². The van der Waals surface area contributed by atoms with Crippen LogP contribution in [0.4, 0.5) is 0 Å². The largest absolute Gasteiger partial charge is 0.0845 e. The van der Waals surface area contributed by atoms with Gasteiger partial charge in [-0.15, -0.1) is 0 Å². The molecule has 0 amide bonds. The van der Waals surface area contributed by atoms with E-state index in [1.165, 1.54) is 32.1 Å². The lowest BCUT2D eigenvalue weighted by molar-refractivity contribution is 0.151. The highest BCUT2D eigenvalue weighted by Gasteiger charge is 2.51. The standard InChI is InChI=1S/C14H24/c1-5-14(4)10-11-8-6-7-9-12(11)13(14,2)3/h9,11H,5-8,10H2,1-4H3. The van der Waals surface area contributed by atoms with E-state index in [1.807, 2.05) is 0 Å². The van der Waals surface area contributed by atoms with Gasteiger partial charge in [-0.2, -0.15) is 0 Å². The predicted molar refractivity (Wildman–Crippen MR) is 62.2 cm³/mol. The maximum Gasteiger partial charge on any atom is -0.00880 e. The molecule has 0 heterocycles. The third-order valence-corrected chi connectivity index (χ3v) is 5.27. The molecule has 0 bridgehead atoms. The molecule has 2 aliphatic carbocycles. The van der Waals surface area contributed by atoms with Crippen LogP contribution in [-0.4, -0.2) is 0 Å². The average molecular weight is 192 g/mol. The van der Waals surface area contributed by atoms with Crippen LogP contribution in [0.5, 0.6) is 0 Å². The minimum Gasteiger partial charge on any atom is -0.0845 e. The van der Waals surface area contributed by atoms with Crippen molar-refractivity contribution in [3.8, 4) is 0 Å². The first kappa shape index (κ1) is 10.3. The molecule has 2 rings (SSSR count). The van der Waals surface area contributed by atoms with E-state index >= 15 is 0 Å². The van der Waals surface area contributed by atoms with Crippen LogP contribution >= 0.6 is 0 Å². The molecule has 1 fully saturated rings. The van der Waals surface area contributed by atoms with Gasteiger partial charge in [0.1, 0.15) is 0 Å². The molecule has 0 radical (unpaired) electrons. The highest BCUT2D eigenvalue weighted by molar-refractivity contribution is 5.27. The van der Waals surface area contributed by atoms with Gasteiger partial charge in [0.05, 0.1) is 0 Å². The van der Waals surface area contributed by atoms with Crippen molar-refractivity contribution in [3.63, 3.8) is 0 Å². The second-order valence-corrected chi connectivity index (χ2v) is 6.03. The molecule has 0 aromatic carbocycles. The van der Waals surface area contributed by atoms with Crippen LogP contribution in [0.25, 0.3) is 0 Å². The van der Waals surface area contributed by atoms with Crippen molar-refractivity contribution in [2.45, 2.75) is 59.8 Å². The highest BCUT2D eigenvalue weighted by Crippen LogP contribution is 2.61. The minimum absolute atomic E-state index is 0.451. The molecule has 0 aliphatic heterocycles. The van der Waals surface area contributed by atoms with Crippen LogP contribution in [0.3, 0.4) is 0 Å². The second kappa shape index (κ2) is 3.12. The Labute approximate surface area is 88.8 Å². The molecule has 0 aromatic heterocycles. The van der Waals surface area contributed by atoms with Crippen molar-refractivity contribution >= 4 is 0 Å². The quantitative estimate of drug-likeness (QED) is 0.534. The summed E-state index contributed by atoms with van der Waals surface area (Å²) >= 11 is 0. The zero-order chi connectivity index (χ0) is 10.4. The van der Waals surface area contributed by atoms with Crippen LogP contribution in [0.1, 0.15) is 59.8 Å². The van der Waals surface area contributed by atoms with E-state index in [0.29, 0.717) is 10.8 Å². The lowest BCUT2D eigenvalue weighted by Crippen LogP contribution is -2.29. The van der Waals surface area contributed by atoms with E-state index in [9.17, 15) is 0 Å². The molecule has 0 nitrogen and oxygen atoms in total. The Hall–Kier alpha value is -0.260. The fraction of sp³-hybridized carbons (Fsp3) is 0.857. The van der Waals surface area contributed by atoms with Crippen LogP contribution in [0.15, 0.2) is 11.6 Å². The summed E-state index contributed by atoms with van der Waals surface area (Å²) in [4.78, 5) is 0. The summed E-state index contributed by atoms with van der Waals surface area (Å²) in [7, 11) is 0. The Morgan fingerprint density at radius 1 is 1.36 bits per heavy atom. The van der Waals surface area contributed by atoms with Gasteiger partial charge in [0.25, 0.3) is 0 Å². The zero-order valence-corrected chi connectivity index (χ0v) is 10.2. The third-order valence-electron chi connectivity index (χ3n) is 5.27. The number of hydrogen-bond donors (Lipinski definition) is 0. The lowest BCUT2D eigenvalue weighted by Gasteiger charge is -2.38. The monoisotopic (exact) mass is 192 g/mol. The van der Waals surface area contributed by atoms with Crippen molar-refractivity contribution in [1.29, 1.82) is 0 Å². The first-order chi connectivity index (χ1) is 6.51. The van der Waals surface area contributed by atoms with Crippen molar-refractivity contribution in [2.24, 2.45) is 16.7 Å². The van der Waals surface area contributed by atoms with E-state index in [1.54, 1.807) is 5.57 Å². The first-order valence-corrected chi connectivity index (χ1v) is 6.22. The number of allylic oxidation sites excluding steroid dienone is 2. The molecule has 0 N–H and O–H groups in total. The SMILES string of the molecule is CCC1(C)CC2CCCC=C2C1(C)C. The fourth-order valence-corrected chi connectivity index (χ4v) is 3.66. The van der Waals surface area contributed by atoms with E-state index in [4.69, 9.17) is 0 Å². The van der Waals surface area contributed by atoms with Gasteiger partial charge in [-0.25, -0.2) is 0 Å². The molecule has 0 heteroatoms. The zero-order valence-electron chi connectivity index (χ0n) is 10.2. The maximum atomic E-state index is 2.55. The molecular formula is C14H24. The summed E-state index contributed by atoms with van der Waals surface area (Å²) in [5.74, 6) is 0.920. The summed E-state index contributed by atoms with van der Waals surface area (Å²) in [5, 5.41) is 0. The van der Waals surface area contributed by atoms with E-state index < -0.39 is 0 Å². The van der Waals surface area contributed by atoms with Gasteiger partial charge < -0.3 is 0 Å². The molecule has 0 saturated heterocycles. The predicted octanol–water partition coefficient (Wildman–Crippen LogP) is 4.56. The Morgan fingerprint density at radius 2 is 2.07 bits per heavy atom. The topological polar surface area (TPSA) is 0 Å². The van der Waals surface area contributed by atoms with Gasteiger partial charge in [-0.3, -0.25) is 0 Å². The van der Waals surface area contributed by atoms with Gasteiger partial charge in [0, 0.05) is 0 Å². The van der Waals surface area contributed by atoms with Crippen molar-refractivity contribution < 1.29 is 0 Å². The molecule has 2 unspecified atom stereocenters. The first-order valence-electron chi connectivity index (χ1n) is 6.22. The minimum atomic E-state index is 0.451. The molecule has 0 spiro atoms. The number of rotatable bonds is 1. The van der Waals surface area contributed by atoms with Crippen LogP contribution in [0.2, 0.25) is 0 Å². The van der Waals surface area contributed by atoms with E-state index in [-0.39, 0.29) is 0 Å². The third kappa shape index (κ3) is 1.19. The Bertz CT molecular complexity index is 259. The van der Waals surface area contributed by atoms with Crippen LogP contribution in [0, 0.1) is 16.7 Å². The fourth-order valence-electron chi connectivity index (χ4n) is 3.66. The smallest absolute Gasteiger partial charge is 0.00880 e. The number of fused-ring (bicyclic) bond motifs is 1. The normalized spacial score (nSPS) is 40.6. The van der Waals surface area contributed by atoms with Crippen molar-refractivity contribution in [2.75, 3.05) is 0 Å². The lowest BCUT2D eigenvalue weighted by atomic mass is 9.66. The summed E-state index contributed by atoms with van der Waals surface area (Å²) in [6.07, 6.45) is 9.51. The van der Waals surface area contributed by atoms with Crippen molar-refractivity contribution in [1.82, 2.24) is 0 Å². The molecule has 80 valence electrons.